The van der Waals surface area contributed by atoms with E-state index in [1.807, 2.05) is 13.0 Å². The molecule has 26 heavy (non-hydrogen) atoms. The minimum absolute atomic E-state index is 0.206. The van der Waals surface area contributed by atoms with Gasteiger partial charge >= 0.3 is 11.9 Å². The summed E-state index contributed by atoms with van der Waals surface area (Å²) in [7, 11) is 2.57. The number of benzene rings is 1. The maximum atomic E-state index is 12.5. The number of methoxy groups -OCH3 is 2. The standard InChI is InChI=1S/C19H20BrNO5/c1-6-26-14-8-7-12(20)9-13(14)17-15(18(22)24-4)10(2)21-11(3)16(17)19(23)25-5/h7-9H,6H2,1-5H3. The van der Waals surface area contributed by atoms with Crippen molar-refractivity contribution in [2.45, 2.75) is 20.8 Å². The number of aromatic nitrogens is 1. The first-order valence-corrected chi connectivity index (χ1v) is 8.75. The van der Waals surface area contributed by atoms with Gasteiger partial charge in [0.15, 0.2) is 0 Å². The van der Waals surface area contributed by atoms with Crippen molar-refractivity contribution >= 4 is 27.9 Å². The summed E-state index contributed by atoms with van der Waals surface area (Å²) in [6, 6.07) is 5.39. The number of aryl methyl sites for hydroxylation is 2. The molecule has 6 nitrogen and oxygen atoms in total. The molecule has 1 aromatic heterocycles. The minimum atomic E-state index is -0.586. The number of esters is 2. The van der Waals surface area contributed by atoms with Crippen LogP contribution in [-0.2, 0) is 9.47 Å². The third-order valence-corrected chi connectivity index (χ3v) is 4.34. The molecule has 7 heteroatoms. The highest BCUT2D eigenvalue weighted by atomic mass is 79.9. The van der Waals surface area contributed by atoms with E-state index in [2.05, 4.69) is 20.9 Å². The molecule has 2 aromatic rings. The van der Waals surface area contributed by atoms with Gasteiger partial charge in [0.05, 0.1) is 43.3 Å². The highest BCUT2D eigenvalue weighted by Crippen LogP contribution is 2.39. The van der Waals surface area contributed by atoms with E-state index in [4.69, 9.17) is 14.2 Å². The fourth-order valence-electron chi connectivity index (χ4n) is 2.80. The molecule has 0 saturated heterocycles. The van der Waals surface area contributed by atoms with Crippen LogP contribution in [0.1, 0.15) is 39.0 Å². The molecule has 2 rings (SSSR count). The Labute approximate surface area is 160 Å². The molecule has 138 valence electrons. The molecule has 0 saturated carbocycles. The van der Waals surface area contributed by atoms with Crippen molar-refractivity contribution < 1.29 is 23.8 Å². The van der Waals surface area contributed by atoms with E-state index in [-0.39, 0.29) is 11.1 Å². The Bertz CT molecular complexity index is 823. The Morgan fingerprint density at radius 1 is 1.04 bits per heavy atom. The zero-order valence-corrected chi connectivity index (χ0v) is 16.9. The Balaban J connectivity index is 3.00. The van der Waals surface area contributed by atoms with Crippen LogP contribution in [0.2, 0.25) is 0 Å². The molecule has 0 spiro atoms. The molecule has 0 unspecified atom stereocenters. The first-order valence-electron chi connectivity index (χ1n) is 7.96. The van der Waals surface area contributed by atoms with E-state index in [1.165, 1.54) is 14.2 Å². The normalized spacial score (nSPS) is 10.4. The number of ether oxygens (including phenoxy) is 3. The Morgan fingerprint density at radius 2 is 1.58 bits per heavy atom. The number of rotatable bonds is 5. The van der Waals surface area contributed by atoms with Crippen molar-refractivity contribution in [1.82, 2.24) is 4.98 Å². The lowest BCUT2D eigenvalue weighted by Gasteiger charge is -2.19. The third kappa shape index (κ3) is 3.72. The summed E-state index contributed by atoms with van der Waals surface area (Å²) >= 11 is 3.44. The second kappa shape index (κ2) is 8.31. The predicted octanol–water partition coefficient (Wildman–Crippen LogP) is 4.10. The monoisotopic (exact) mass is 421 g/mol. The van der Waals surface area contributed by atoms with Gasteiger partial charge in [0.1, 0.15) is 5.75 Å². The van der Waals surface area contributed by atoms with Crippen molar-refractivity contribution in [3.8, 4) is 16.9 Å². The van der Waals surface area contributed by atoms with Crippen LogP contribution in [-0.4, -0.2) is 37.7 Å². The zero-order chi connectivity index (χ0) is 19.4. The highest BCUT2D eigenvalue weighted by molar-refractivity contribution is 9.10. The quantitative estimate of drug-likeness (QED) is 0.676. The van der Waals surface area contributed by atoms with Gasteiger partial charge in [-0.15, -0.1) is 0 Å². The number of hydrogen-bond donors (Lipinski definition) is 0. The summed E-state index contributed by atoms with van der Waals surface area (Å²) in [6.45, 7) is 5.68. The first-order chi connectivity index (χ1) is 12.3. The molecule has 1 aromatic carbocycles. The lowest BCUT2D eigenvalue weighted by Crippen LogP contribution is -2.16. The van der Waals surface area contributed by atoms with E-state index in [0.29, 0.717) is 34.9 Å². The molecule has 1 heterocycles. The van der Waals surface area contributed by atoms with E-state index in [0.717, 1.165) is 4.47 Å². The maximum Gasteiger partial charge on any atom is 0.340 e. The van der Waals surface area contributed by atoms with E-state index in [1.54, 1.807) is 26.0 Å². The van der Waals surface area contributed by atoms with Crippen LogP contribution in [0, 0.1) is 13.8 Å². The molecular weight excluding hydrogens is 402 g/mol. The van der Waals surface area contributed by atoms with Crippen molar-refractivity contribution in [2.24, 2.45) is 0 Å². The SMILES string of the molecule is CCOc1ccc(Br)cc1-c1c(C(=O)OC)c(C)nc(C)c1C(=O)OC. The lowest BCUT2D eigenvalue weighted by molar-refractivity contribution is 0.0599. The summed E-state index contributed by atoms with van der Waals surface area (Å²) in [6.07, 6.45) is 0. The number of carbonyl (C=O) groups excluding carboxylic acids is 2. The number of pyridine rings is 1. The Hall–Kier alpha value is -2.41. The molecule has 0 aliphatic carbocycles. The predicted molar refractivity (Wildman–Crippen MR) is 101 cm³/mol. The summed E-state index contributed by atoms with van der Waals surface area (Å²) in [5, 5.41) is 0. The molecular formula is C19H20BrNO5. The topological polar surface area (TPSA) is 74.7 Å². The fourth-order valence-corrected chi connectivity index (χ4v) is 3.16. The second-order valence-corrected chi connectivity index (χ2v) is 6.38. The average Bonchev–Trinajstić information content (AvgIpc) is 2.61. The van der Waals surface area contributed by atoms with Crippen LogP contribution < -0.4 is 4.74 Å². The van der Waals surface area contributed by atoms with Gasteiger partial charge < -0.3 is 14.2 Å². The van der Waals surface area contributed by atoms with Gasteiger partial charge in [0.25, 0.3) is 0 Å². The summed E-state index contributed by atoms with van der Waals surface area (Å²) in [4.78, 5) is 29.3. The smallest absolute Gasteiger partial charge is 0.340 e. The van der Waals surface area contributed by atoms with Crippen molar-refractivity contribution in [3.05, 3.63) is 45.2 Å². The molecule has 0 N–H and O–H groups in total. The van der Waals surface area contributed by atoms with Crippen LogP contribution >= 0.6 is 15.9 Å². The Morgan fingerprint density at radius 3 is 2.04 bits per heavy atom. The molecule has 0 atom stereocenters. The average molecular weight is 422 g/mol. The summed E-state index contributed by atoms with van der Waals surface area (Å²) in [5.74, 6) is -0.633. The van der Waals surface area contributed by atoms with Crippen LogP contribution in [0.15, 0.2) is 22.7 Å². The number of nitrogens with zero attached hydrogens (tertiary/aromatic N) is 1. The highest BCUT2D eigenvalue weighted by Gasteiger charge is 2.29. The van der Waals surface area contributed by atoms with Gasteiger partial charge in [-0.25, -0.2) is 9.59 Å². The Kier molecular flexibility index (Phi) is 6.37. The molecule has 0 aliphatic rings. The van der Waals surface area contributed by atoms with Gasteiger partial charge in [0, 0.05) is 15.6 Å². The third-order valence-electron chi connectivity index (χ3n) is 3.85. The molecule has 0 fully saturated rings. The summed E-state index contributed by atoms with van der Waals surface area (Å²) < 4.78 is 16.4. The maximum absolute atomic E-state index is 12.5. The number of hydrogen-bond acceptors (Lipinski definition) is 6. The first kappa shape index (κ1) is 19.9. The van der Waals surface area contributed by atoms with E-state index >= 15 is 0 Å². The van der Waals surface area contributed by atoms with Crippen LogP contribution in [0.3, 0.4) is 0 Å². The van der Waals surface area contributed by atoms with Crippen LogP contribution in [0.25, 0.3) is 11.1 Å². The largest absolute Gasteiger partial charge is 0.493 e. The van der Waals surface area contributed by atoms with Gasteiger partial charge in [-0.2, -0.15) is 0 Å². The minimum Gasteiger partial charge on any atom is -0.493 e. The molecule has 0 amide bonds. The van der Waals surface area contributed by atoms with Gasteiger partial charge in [-0.05, 0) is 39.0 Å². The van der Waals surface area contributed by atoms with Gasteiger partial charge in [0.2, 0.25) is 0 Å². The zero-order valence-electron chi connectivity index (χ0n) is 15.3. The molecule has 0 radical (unpaired) electrons. The van der Waals surface area contributed by atoms with Crippen LogP contribution in [0.4, 0.5) is 0 Å². The molecule has 0 aliphatic heterocycles. The second-order valence-electron chi connectivity index (χ2n) is 5.46. The van der Waals surface area contributed by atoms with Crippen molar-refractivity contribution in [1.29, 1.82) is 0 Å². The number of carbonyl (C=O) groups is 2. The van der Waals surface area contributed by atoms with Crippen LogP contribution in [0.5, 0.6) is 5.75 Å². The van der Waals surface area contributed by atoms with Crippen molar-refractivity contribution in [2.75, 3.05) is 20.8 Å². The van der Waals surface area contributed by atoms with E-state index < -0.39 is 11.9 Å². The fraction of sp³-hybridized carbons (Fsp3) is 0.316. The summed E-state index contributed by atoms with van der Waals surface area (Å²) in [5.41, 5.74) is 2.29. The number of halogens is 1. The van der Waals surface area contributed by atoms with Gasteiger partial charge in [-0.3, -0.25) is 4.98 Å². The van der Waals surface area contributed by atoms with E-state index in [9.17, 15) is 9.59 Å². The van der Waals surface area contributed by atoms with Crippen molar-refractivity contribution in [3.63, 3.8) is 0 Å². The van der Waals surface area contributed by atoms with Gasteiger partial charge in [-0.1, -0.05) is 15.9 Å². The lowest BCUT2D eigenvalue weighted by atomic mass is 9.92. The molecule has 0 bridgehead atoms.